The molecule has 0 amide bonds. The molecule has 0 fully saturated rings. The number of thioether (sulfide) groups is 1. The van der Waals surface area contributed by atoms with Gasteiger partial charge in [-0.3, -0.25) is 9.69 Å². The van der Waals surface area contributed by atoms with Gasteiger partial charge in [-0.2, -0.15) is 11.8 Å². The van der Waals surface area contributed by atoms with E-state index >= 15 is 0 Å². The summed E-state index contributed by atoms with van der Waals surface area (Å²) in [7, 11) is 2.00. The van der Waals surface area contributed by atoms with Crippen LogP contribution in [0.4, 0.5) is 0 Å². The average molecular weight is 322 g/mol. The largest absolute Gasteiger partial charge is 0.295 e. The van der Waals surface area contributed by atoms with Crippen LogP contribution in [0.15, 0.2) is 15.9 Å². The van der Waals surface area contributed by atoms with E-state index in [1.54, 1.807) is 11.8 Å². The minimum absolute atomic E-state index is 0.192. The maximum absolute atomic E-state index is 12.0. The summed E-state index contributed by atoms with van der Waals surface area (Å²) >= 11 is 6.69. The lowest BCUT2D eigenvalue weighted by molar-refractivity contribution is 0.0934. The minimum atomic E-state index is 0.192. The number of carbonyl (C=O) groups excluding carboxylic acids is 1. The zero-order valence-corrected chi connectivity index (χ0v) is 12.9. The summed E-state index contributed by atoms with van der Waals surface area (Å²) in [5.41, 5.74) is 0. The molecule has 0 N–H and O–H groups in total. The Kier molecular flexibility index (Phi) is 6.03. The van der Waals surface area contributed by atoms with Gasteiger partial charge >= 0.3 is 0 Å². The average Bonchev–Trinajstić information content (AvgIpc) is 2.64. The van der Waals surface area contributed by atoms with Crippen molar-refractivity contribution in [3.05, 3.63) is 20.8 Å². The van der Waals surface area contributed by atoms with Gasteiger partial charge in [0.25, 0.3) is 0 Å². The van der Waals surface area contributed by atoms with Gasteiger partial charge in [-0.1, -0.05) is 0 Å². The van der Waals surface area contributed by atoms with Gasteiger partial charge in [-0.15, -0.1) is 11.3 Å². The number of hydrogen-bond donors (Lipinski definition) is 0. The Morgan fingerprint density at radius 1 is 1.69 bits per heavy atom. The van der Waals surface area contributed by atoms with Gasteiger partial charge in [0.2, 0.25) is 0 Å². The van der Waals surface area contributed by atoms with Crippen LogP contribution in [-0.2, 0) is 0 Å². The third-order valence-electron chi connectivity index (χ3n) is 2.42. The lowest BCUT2D eigenvalue weighted by atomic mass is 10.2. The SMILES string of the molecule is CSCC(C)N(C)CC(=O)c1sccc1Br. The van der Waals surface area contributed by atoms with Crippen molar-refractivity contribution in [2.24, 2.45) is 0 Å². The van der Waals surface area contributed by atoms with Crippen LogP contribution in [0, 0.1) is 0 Å². The summed E-state index contributed by atoms with van der Waals surface area (Å²) in [6, 6.07) is 2.35. The Morgan fingerprint density at radius 3 is 2.88 bits per heavy atom. The van der Waals surface area contributed by atoms with Crippen molar-refractivity contribution >= 4 is 44.8 Å². The first-order chi connectivity index (χ1) is 7.56. The fraction of sp³-hybridized carbons (Fsp3) is 0.545. The first kappa shape index (κ1) is 14.2. The predicted octanol–water partition coefficient (Wildman–Crippen LogP) is 3.38. The maximum Gasteiger partial charge on any atom is 0.187 e. The fourth-order valence-corrected chi connectivity index (χ4v) is 3.58. The molecule has 1 atom stereocenters. The Bertz CT molecular complexity index is 354. The normalized spacial score (nSPS) is 13.1. The molecule has 1 aromatic rings. The highest BCUT2D eigenvalue weighted by molar-refractivity contribution is 9.10. The van der Waals surface area contributed by atoms with E-state index in [2.05, 4.69) is 34.0 Å². The molecule has 0 bridgehead atoms. The van der Waals surface area contributed by atoms with Crippen molar-refractivity contribution in [2.75, 3.05) is 25.6 Å². The molecule has 1 unspecified atom stereocenters. The van der Waals surface area contributed by atoms with E-state index in [9.17, 15) is 4.79 Å². The van der Waals surface area contributed by atoms with Gasteiger partial charge < -0.3 is 0 Å². The van der Waals surface area contributed by atoms with Crippen LogP contribution < -0.4 is 0 Å². The first-order valence-electron chi connectivity index (χ1n) is 5.01. The zero-order chi connectivity index (χ0) is 12.1. The van der Waals surface area contributed by atoms with Crippen LogP contribution in [-0.4, -0.2) is 42.3 Å². The van der Waals surface area contributed by atoms with E-state index in [1.165, 1.54) is 11.3 Å². The van der Waals surface area contributed by atoms with Crippen LogP contribution in [0.2, 0.25) is 0 Å². The van der Waals surface area contributed by atoms with Gasteiger partial charge in [0.05, 0.1) is 11.4 Å². The molecule has 0 saturated heterocycles. The predicted molar refractivity (Wildman–Crippen MR) is 76.8 cm³/mol. The van der Waals surface area contributed by atoms with Gasteiger partial charge in [-0.25, -0.2) is 0 Å². The number of carbonyl (C=O) groups is 1. The summed E-state index contributed by atoms with van der Waals surface area (Å²) in [6.45, 7) is 2.63. The van der Waals surface area contributed by atoms with Crippen LogP contribution in [0.5, 0.6) is 0 Å². The molecule has 0 aliphatic carbocycles. The van der Waals surface area contributed by atoms with Crippen LogP contribution in [0.25, 0.3) is 0 Å². The van der Waals surface area contributed by atoms with Crippen LogP contribution >= 0.6 is 39.0 Å². The van der Waals surface area contributed by atoms with Gasteiger partial charge in [-0.05, 0) is 47.6 Å². The Balaban J connectivity index is 2.55. The summed E-state index contributed by atoms with van der Waals surface area (Å²) < 4.78 is 0.911. The van der Waals surface area contributed by atoms with E-state index < -0.39 is 0 Å². The molecular weight excluding hydrogens is 306 g/mol. The highest BCUT2D eigenvalue weighted by Crippen LogP contribution is 2.23. The topological polar surface area (TPSA) is 20.3 Å². The molecule has 0 aliphatic heterocycles. The zero-order valence-electron chi connectivity index (χ0n) is 9.70. The number of Topliss-reactive ketones (excluding diaryl/α,β-unsaturated/α-hetero) is 1. The number of nitrogens with zero attached hydrogens (tertiary/aromatic N) is 1. The van der Waals surface area contributed by atoms with Crippen LogP contribution in [0.1, 0.15) is 16.6 Å². The Morgan fingerprint density at radius 2 is 2.38 bits per heavy atom. The number of likely N-dealkylation sites (N-methyl/N-ethyl adjacent to an activating group) is 1. The first-order valence-corrected chi connectivity index (χ1v) is 8.08. The molecule has 0 spiro atoms. The number of rotatable bonds is 6. The lowest BCUT2D eigenvalue weighted by Gasteiger charge is -2.22. The van der Waals surface area contributed by atoms with Crippen molar-refractivity contribution < 1.29 is 4.79 Å². The highest BCUT2D eigenvalue weighted by Gasteiger charge is 2.16. The number of ketones is 1. The number of thiophene rings is 1. The molecule has 0 saturated carbocycles. The molecular formula is C11H16BrNOS2. The van der Waals surface area contributed by atoms with Crippen molar-refractivity contribution in [1.82, 2.24) is 4.90 Å². The van der Waals surface area contributed by atoms with Gasteiger partial charge in [0.15, 0.2) is 5.78 Å². The Hall–Kier alpha value is 0.160. The number of hydrogen-bond acceptors (Lipinski definition) is 4. The van der Waals surface area contributed by atoms with E-state index in [1.807, 2.05) is 18.5 Å². The maximum atomic E-state index is 12.0. The fourth-order valence-electron chi connectivity index (χ4n) is 1.32. The third kappa shape index (κ3) is 3.87. The second kappa shape index (κ2) is 6.79. The van der Waals surface area contributed by atoms with Gasteiger partial charge in [0, 0.05) is 16.3 Å². The lowest BCUT2D eigenvalue weighted by Crippen LogP contribution is -2.35. The quantitative estimate of drug-likeness (QED) is 0.749. The molecule has 1 rings (SSSR count). The summed E-state index contributed by atoms with van der Waals surface area (Å²) in [4.78, 5) is 14.9. The van der Waals surface area contributed by atoms with Crippen molar-refractivity contribution in [1.29, 1.82) is 0 Å². The number of halogens is 1. The second-order valence-corrected chi connectivity index (χ2v) is 6.42. The molecule has 1 heterocycles. The van der Waals surface area contributed by atoms with E-state index in [0.29, 0.717) is 12.6 Å². The molecule has 0 aromatic carbocycles. The Labute approximate surface area is 114 Å². The van der Waals surface area contributed by atoms with E-state index in [4.69, 9.17) is 0 Å². The molecule has 0 radical (unpaired) electrons. The van der Waals surface area contributed by atoms with Crippen molar-refractivity contribution in [3.63, 3.8) is 0 Å². The monoisotopic (exact) mass is 321 g/mol. The van der Waals surface area contributed by atoms with Crippen LogP contribution in [0.3, 0.4) is 0 Å². The van der Waals surface area contributed by atoms with Crippen molar-refractivity contribution in [2.45, 2.75) is 13.0 Å². The van der Waals surface area contributed by atoms with E-state index in [0.717, 1.165) is 15.1 Å². The third-order valence-corrected chi connectivity index (χ3v) is 5.12. The molecule has 90 valence electrons. The summed E-state index contributed by atoms with van der Waals surface area (Å²) in [6.07, 6.45) is 2.09. The molecule has 5 heteroatoms. The molecule has 2 nitrogen and oxygen atoms in total. The highest BCUT2D eigenvalue weighted by atomic mass is 79.9. The molecule has 16 heavy (non-hydrogen) atoms. The van der Waals surface area contributed by atoms with Gasteiger partial charge in [0.1, 0.15) is 0 Å². The minimum Gasteiger partial charge on any atom is -0.295 e. The van der Waals surface area contributed by atoms with E-state index in [-0.39, 0.29) is 5.78 Å². The van der Waals surface area contributed by atoms with Crippen molar-refractivity contribution in [3.8, 4) is 0 Å². The summed E-state index contributed by atoms with van der Waals surface area (Å²) in [5.74, 6) is 1.24. The molecule has 1 aromatic heterocycles. The standard InChI is InChI=1S/C11H16BrNOS2/c1-8(7-15-3)13(2)6-10(14)11-9(12)4-5-16-11/h4-5,8H,6-7H2,1-3H3. The second-order valence-electron chi connectivity index (χ2n) is 3.74. The molecule has 0 aliphatic rings. The summed E-state index contributed by atoms with van der Waals surface area (Å²) in [5, 5.41) is 1.93. The smallest absolute Gasteiger partial charge is 0.187 e.